The molecule has 2 aromatic heterocycles. The molecule has 0 aliphatic heterocycles. The lowest BCUT2D eigenvalue weighted by atomic mass is 10.1. The summed E-state index contributed by atoms with van der Waals surface area (Å²) in [6, 6.07) is 5.22. The first kappa shape index (κ1) is 19.8. The second-order valence-electron chi connectivity index (χ2n) is 6.54. The first-order chi connectivity index (χ1) is 13.3. The molecule has 0 fully saturated rings. The van der Waals surface area contributed by atoms with Crippen molar-refractivity contribution in [1.29, 1.82) is 0 Å². The van der Waals surface area contributed by atoms with Gasteiger partial charge in [0.1, 0.15) is 5.82 Å². The van der Waals surface area contributed by atoms with Gasteiger partial charge in [-0.25, -0.2) is 4.79 Å². The molecule has 1 amide bonds. The Morgan fingerprint density at radius 1 is 1.36 bits per heavy atom. The number of amides is 1. The summed E-state index contributed by atoms with van der Waals surface area (Å²) in [6.45, 7) is 4.05. The number of nitrogen functional groups attached to an aromatic ring is 1. The fourth-order valence-electron chi connectivity index (χ4n) is 3.11. The standard InChI is InChI=1S/C19H21ClN4O4/c1-4-5-9-24-16(21)13(17(25)22-19(24)27)23(3)18(26)14-10(2)11-7-6-8-12(20)15(11)28-14/h6-8H,4-5,9,21H2,1-3H3,(H,22,25,27). The Labute approximate surface area is 165 Å². The molecule has 9 heteroatoms. The number of fused-ring (bicyclic) bond motifs is 1. The molecule has 3 rings (SSSR count). The predicted molar refractivity (Wildman–Crippen MR) is 109 cm³/mol. The molecule has 0 atom stereocenters. The number of carbonyl (C=O) groups excluding carboxylic acids is 1. The van der Waals surface area contributed by atoms with Gasteiger partial charge < -0.3 is 15.1 Å². The molecule has 148 valence electrons. The minimum atomic E-state index is -0.738. The summed E-state index contributed by atoms with van der Waals surface area (Å²) in [5.74, 6) is -0.580. The molecule has 0 aliphatic rings. The van der Waals surface area contributed by atoms with Crippen LogP contribution < -0.4 is 21.9 Å². The number of nitrogens with two attached hydrogens (primary N) is 1. The van der Waals surface area contributed by atoms with Gasteiger partial charge in [-0.1, -0.05) is 37.1 Å². The van der Waals surface area contributed by atoms with Crippen LogP contribution in [0, 0.1) is 6.92 Å². The van der Waals surface area contributed by atoms with E-state index in [2.05, 4.69) is 4.98 Å². The molecule has 0 aliphatic carbocycles. The zero-order chi connectivity index (χ0) is 20.6. The maximum absolute atomic E-state index is 13.1. The molecule has 8 nitrogen and oxygen atoms in total. The number of nitrogens with one attached hydrogen (secondary N) is 1. The van der Waals surface area contributed by atoms with Crippen molar-refractivity contribution in [2.24, 2.45) is 0 Å². The van der Waals surface area contributed by atoms with Crippen LogP contribution in [0.4, 0.5) is 11.5 Å². The normalized spacial score (nSPS) is 11.1. The second kappa shape index (κ2) is 7.55. The summed E-state index contributed by atoms with van der Waals surface area (Å²) >= 11 is 6.15. The molecule has 0 radical (unpaired) electrons. The van der Waals surface area contributed by atoms with Gasteiger partial charge in [-0.15, -0.1) is 0 Å². The van der Waals surface area contributed by atoms with E-state index in [1.807, 2.05) is 6.92 Å². The highest BCUT2D eigenvalue weighted by Crippen LogP contribution is 2.32. The number of hydrogen-bond acceptors (Lipinski definition) is 5. The number of benzene rings is 1. The van der Waals surface area contributed by atoms with Gasteiger partial charge in [0, 0.05) is 24.5 Å². The maximum atomic E-state index is 13.1. The van der Waals surface area contributed by atoms with Gasteiger partial charge >= 0.3 is 5.69 Å². The summed E-state index contributed by atoms with van der Waals surface area (Å²) < 4.78 is 6.94. The molecule has 0 unspecified atom stereocenters. The number of hydrogen-bond donors (Lipinski definition) is 2. The number of unbranched alkanes of at least 4 members (excludes halogenated alkanes) is 1. The quantitative estimate of drug-likeness (QED) is 0.678. The third-order valence-corrected chi connectivity index (χ3v) is 5.00. The summed E-state index contributed by atoms with van der Waals surface area (Å²) in [7, 11) is 1.41. The molecular weight excluding hydrogens is 384 g/mol. The monoisotopic (exact) mass is 404 g/mol. The lowest BCUT2D eigenvalue weighted by Crippen LogP contribution is -2.39. The van der Waals surface area contributed by atoms with Crippen LogP contribution in [0.1, 0.15) is 35.9 Å². The van der Waals surface area contributed by atoms with Gasteiger partial charge in [0.15, 0.2) is 17.0 Å². The number of nitrogens with zero attached hydrogens (tertiary/aromatic N) is 2. The number of aromatic nitrogens is 2. The Morgan fingerprint density at radius 2 is 2.07 bits per heavy atom. The number of furan rings is 1. The van der Waals surface area contributed by atoms with E-state index in [4.69, 9.17) is 21.8 Å². The van der Waals surface area contributed by atoms with Gasteiger partial charge in [0.05, 0.1) is 5.02 Å². The second-order valence-corrected chi connectivity index (χ2v) is 6.94. The molecule has 3 aromatic rings. The SMILES string of the molecule is CCCCn1c(N)c(N(C)C(=O)c2oc3c(Cl)cccc3c2C)c(=O)[nH]c1=O. The largest absolute Gasteiger partial charge is 0.449 e. The van der Waals surface area contributed by atoms with Crippen LogP contribution in [0.25, 0.3) is 11.0 Å². The number of aryl methyl sites for hydroxylation is 1. The Kier molecular flexibility index (Phi) is 5.33. The van der Waals surface area contributed by atoms with Crippen molar-refractivity contribution >= 4 is 40.0 Å². The van der Waals surface area contributed by atoms with Gasteiger partial charge in [0.2, 0.25) is 0 Å². The van der Waals surface area contributed by atoms with Gasteiger partial charge in [-0.2, -0.15) is 0 Å². The average molecular weight is 405 g/mol. The van der Waals surface area contributed by atoms with Crippen LogP contribution >= 0.6 is 11.6 Å². The summed E-state index contributed by atoms with van der Waals surface area (Å²) in [5.41, 5.74) is 5.63. The summed E-state index contributed by atoms with van der Waals surface area (Å²) in [4.78, 5) is 40.8. The molecule has 0 spiro atoms. The maximum Gasteiger partial charge on any atom is 0.330 e. The van der Waals surface area contributed by atoms with Crippen molar-refractivity contribution in [2.45, 2.75) is 33.2 Å². The van der Waals surface area contributed by atoms with Gasteiger partial charge in [-0.05, 0) is 19.4 Å². The van der Waals surface area contributed by atoms with Crippen LogP contribution in [0.15, 0.2) is 32.2 Å². The molecule has 1 aromatic carbocycles. The highest BCUT2D eigenvalue weighted by atomic mass is 35.5. The number of rotatable bonds is 5. The Hall–Kier alpha value is -3.00. The third kappa shape index (κ3) is 3.20. The molecule has 3 N–H and O–H groups in total. The molecular formula is C19H21ClN4O4. The van der Waals surface area contributed by atoms with E-state index in [1.165, 1.54) is 11.6 Å². The zero-order valence-corrected chi connectivity index (χ0v) is 16.6. The van der Waals surface area contributed by atoms with Crippen LogP contribution in [0.5, 0.6) is 0 Å². The van der Waals surface area contributed by atoms with Crippen LogP contribution in [-0.2, 0) is 6.54 Å². The zero-order valence-electron chi connectivity index (χ0n) is 15.8. The number of para-hydroxylation sites is 1. The number of halogens is 1. The van der Waals surface area contributed by atoms with E-state index in [9.17, 15) is 14.4 Å². The highest BCUT2D eigenvalue weighted by Gasteiger charge is 2.27. The van der Waals surface area contributed by atoms with E-state index in [1.54, 1.807) is 25.1 Å². The fourth-order valence-corrected chi connectivity index (χ4v) is 3.32. The smallest absolute Gasteiger partial charge is 0.330 e. The lowest BCUT2D eigenvalue weighted by Gasteiger charge is -2.19. The van der Waals surface area contributed by atoms with Crippen LogP contribution in [0.3, 0.4) is 0 Å². The highest BCUT2D eigenvalue weighted by molar-refractivity contribution is 6.35. The Bertz CT molecular complexity index is 1180. The molecule has 28 heavy (non-hydrogen) atoms. The molecule has 0 saturated heterocycles. The summed E-state index contributed by atoms with van der Waals surface area (Å²) in [6.07, 6.45) is 1.54. The first-order valence-electron chi connectivity index (χ1n) is 8.86. The summed E-state index contributed by atoms with van der Waals surface area (Å²) in [5, 5.41) is 1.09. The van der Waals surface area contributed by atoms with E-state index in [0.29, 0.717) is 34.5 Å². The van der Waals surface area contributed by atoms with Crippen LogP contribution in [0.2, 0.25) is 5.02 Å². The number of H-pyrrole nitrogens is 1. The average Bonchev–Trinajstić information content (AvgIpc) is 2.99. The van der Waals surface area contributed by atoms with Gasteiger partial charge in [-0.3, -0.25) is 19.1 Å². The number of aromatic amines is 1. The van der Waals surface area contributed by atoms with Crippen molar-refractivity contribution in [3.63, 3.8) is 0 Å². The Balaban J connectivity index is 2.10. The topological polar surface area (TPSA) is 114 Å². The number of anilines is 2. The van der Waals surface area contributed by atoms with Crippen molar-refractivity contribution in [3.8, 4) is 0 Å². The van der Waals surface area contributed by atoms with E-state index < -0.39 is 17.2 Å². The molecule has 2 heterocycles. The van der Waals surface area contributed by atoms with E-state index >= 15 is 0 Å². The minimum Gasteiger partial charge on any atom is -0.449 e. The minimum absolute atomic E-state index is 0.0516. The van der Waals surface area contributed by atoms with Crippen LogP contribution in [-0.4, -0.2) is 22.5 Å². The van der Waals surface area contributed by atoms with Crippen molar-refractivity contribution < 1.29 is 9.21 Å². The van der Waals surface area contributed by atoms with Crippen molar-refractivity contribution in [3.05, 3.63) is 55.4 Å². The van der Waals surface area contributed by atoms with E-state index in [0.717, 1.165) is 11.3 Å². The molecule has 0 saturated carbocycles. The number of carbonyl (C=O) groups is 1. The van der Waals surface area contributed by atoms with Gasteiger partial charge in [0.25, 0.3) is 11.5 Å². The third-order valence-electron chi connectivity index (χ3n) is 4.70. The lowest BCUT2D eigenvalue weighted by molar-refractivity contribution is 0.0967. The fraction of sp³-hybridized carbons (Fsp3) is 0.316. The van der Waals surface area contributed by atoms with E-state index in [-0.39, 0.29) is 17.3 Å². The van der Waals surface area contributed by atoms with Crippen molar-refractivity contribution in [1.82, 2.24) is 9.55 Å². The predicted octanol–water partition coefficient (Wildman–Crippen LogP) is 2.90. The first-order valence-corrected chi connectivity index (χ1v) is 9.24. The molecule has 0 bridgehead atoms. The Morgan fingerprint density at radius 3 is 2.71 bits per heavy atom. The van der Waals surface area contributed by atoms with Crippen molar-refractivity contribution in [2.75, 3.05) is 17.7 Å².